The molecule has 0 bridgehead atoms. The van der Waals surface area contributed by atoms with E-state index in [2.05, 4.69) is 16.7 Å². The minimum Gasteiger partial charge on any atom is -0.331 e. The number of fused-ring (bicyclic) bond motifs is 1. The molecular formula is C19H23N3O3S. The largest absolute Gasteiger partial charge is 0.331 e. The normalized spacial score (nSPS) is 16.6. The molecule has 0 fully saturated rings. The Hall–Kier alpha value is -2.38. The van der Waals surface area contributed by atoms with E-state index in [-0.39, 0.29) is 17.0 Å². The molecule has 138 valence electrons. The van der Waals surface area contributed by atoms with Gasteiger partial charge in [0.05, 0.1) is 10.9 Å². The third-order valence-corrected chi connectivity index (χ3v) is 5.68. The van der Waals surface area contributed by atoms with E-state index in [1.807, 2.05) is 25.1 Å². The first-order chi connectivity index (χ1) is 12.4. The smallest absolute Gasteiger partial charge is 0.319 e. The molecule has 6 nitrogen and oxygen atoms in total. The number of sulfonamides is 1. The topological polar surface area (TPSA) is 101 Å². The lowest BCUT2D eigenvalue weighted by atomic mass is 9.88. The molecule has 0 aromatic heterocycles. The molecule has 0 radical (unpaired) electrons. The Balaban J connectivity index is 1.75. The van der Waals surface area contributed by atoms with E-state index in [0.717, 1.165) is 24.8 Å². The molecule has 0 aliphatic heterocycles. The summed E-state index contributed by atoms with van der Waals surface area (Å²) < 4.78 is 23.5. The Kier molecular flexibility index (Phi) is 5.29. The molecule has 0 spiro atoms. The summed E-state index contributed by atoms with van der Waals surface area (Å²) >= 11 is 0. The quantitative estimate of drug-likeness (QED) is 0.767. The van der Waals surface area contributed by atoms with Crippen LogP contribution in [-0.2, 0) is 22.9 Å². The Labute approximate surface area is 153 Å². The van der Waals surface area contributed by atoms with Gasteiger partial charge in [-0.25, -0.2) is 18.4 Å². The van der Waals surface area contributed by atoms with Crippen LogP contribution in [0.5, 0.6) is 0 Å². The number of hydrogen-bond acceptors (Lipinski definition) is 3. The molecule has 2 aromatic carbocycles. The molecule has 0 heterocycles. The fourth-order valence-electron chi connectivity index (χ4n) is 3.42. The second kappa shape index (κ2) is 7.47. The summed E-state index contributed by atoms with van der Waals surface area (Å²) in [6.07, 6.45) is 3.45. The Morgan fingerprint density at radius 3 is 2.73 bits per heavy atom. The number of hydrogen-bond donors (Lipinski definition) is 3. The molecule has 1 aliphatic carbocycles. The van der Waals surface area contributed by atoms with Gasteiger partial charge in [0, 0.05) is 5.69 Å². The fraction of sp³-hybridized carbons (Fsp3) is 0.316. The summed E-state index contributed by atoms with van der Waals surface area (Å²) in [5.41, 5.74) is 3.42. The van der Waals surface area contributed by atoms with Crippen LogP contribution in [0.4, 0.5) is 10.5 Å². The van der Waals surface area contributed by atoms with Gasteiger partial charge in [-0.2, -0.15) is 0 Å². The second-order valence-corrected chi connectivity index (χ2v) is 7.99. The Morgan fingerprint density at radius 2 is 2.00 bits per heavy atom. The van der Waals surface area contributed by atoms with Crippen molar-refractivity contribution in [2.24, 2.45) is 5.14 Å². The number of urea groups is 1. The van der Waals surface area contributed by atoms with Gasteiger partial charge in [-0.15, -0.1) is 0 Å². The van der Waals surface area contributed by atoms with Crippen molar-refractivity contribution in [1.82, 2.24) is 5.32 Å². The van der Waals surface area contributed by atoms with Crippen LogP contribution in [0.3, 0.4) is 0 Å². The van der Waals surface area contributed by atoms with Crippen LogP contribution in [-0.4, -0.2) is 14.4 Å². The Bertz CT molecular complexity index is 925. The highest BCUT2D eigenvalue weighted by atomic mass is 32.2. The maximum Gasteiger partial charge on any atom is 0.319 e. The van der Waals surface area contributed by atoms with Crippen LogP contribution in [0.25, 0.3) is 0 Å². The van der Waals surface area contributed by atoms with Crippen molar-refractivity contribution in [1.29, 1.82) is 0 Å². The molecule has 1 unspecified atom stereocenters. The van der Waals surface area contributed by atoms with Crippen LogP contribution in [0, 0.1) is 0 Å². The highest BCUT2D eigenvalue weighted by molar-refractivity contribution is 7.89. The van der Waals surface area contributed by atoms with Gasteiger partial charge in [0.2, 0.25) is 10.0 Å². The first kappa shape index (κ1) is 18.4. The summed E-state index contributed by atoms with van der Waals surface area (Å²) in [4.78, 5) is 12.4. The molecule has 7 heteroatoms. The number of amides is 2. The van der Waals surface area contributed by atoms with E-state index in [9.17, 15) is 13.2 Å². The molecule has 0 saturated carbocycles. The average Bonchev–Trinajstić information content (AvgIpc) is 2.61. The van der Waals surface area contributed by atoms with E-state index in [1.165, 1.54) is 11.6 Å². The number of rotatable bonds is 4. The van der Waals surface area contributed by atoms with Gasteiger partial charge in [-0.1, -0.05) is 37.3 Å². The van der Waals surface area contributed by atoms with E-state index < -0.39 is 10.0 Å². The van der Waals surface area contributed by atoms with E-state index in [1.54, 1.807) is 12.1 Å². The molecule has 26 heavy (non-hydrogen) atoms. The molecule has 0 saturated heterocycles. The predicted molar refractivity (Wildman–Crippen MR) is 101 cm³/mol. The number of anilines is 1. The number of nitrogens with one attached hydrogen (secondary N) is 2. The third kappa shape index (κ3) is 4.05. The lowest BCUT2D eigenvalue weighted by Crippen LogP contribution is -2.34. The van der Waals surface area contributed by atoms with Crippen LogP contribution in [0.1, 0.15) is 42.5 Å². The van der Waals surface area contributed by atoms with Gasteiger partial charge < -0.3 is 10.6 Å². The van der Waals surface area contributed by atoms with E-state index in [4.69, 9.17) is 5.14 Å². The van der Waals surface area contributed by atoms with Crippen molar-refractivity contribution in [3.05, 3.63) is 59.2 Å². The van der Waals surface area contributed by atoms with E-state index in [0.29, 0.717) is 17.7 Å². The zero-order valence-electron chi connectivity index (χ0n) is 14.7. The summed E-state index contributed by atoms with van der Waals surface area (Å²) in [7, 11) is -3.84. The highest BCUT2D eigenvalue weighted by Gasteiger charge is 2.21. The van der Waals surface area contributed by atoms with Gasteiger partial charge in [-0.05, 0) is 54.5 Å². The van der Waals surface area contributed by atoms with E-state index >= 15 is 0 Å². The van der Waals surface area contributed by atoms with Crippen molar-refractivity contribution in [2.75, 3.05) is 5.32 Å². The number of benzene rings is 2. The number of primary sulfonamides is 1. The highest BCUT2D eigenvalue weighted by Crippen LogP contribution is 2.29. The fourth-order valence-corrected chi connectivity index (χ4v) is 4.29. The first-order valence-electron chi connectivity index (χ1n) is 8.69. The van der Waals surface area contributed by atoms with Crippen LogP contribution in [0.15, 0.2) is 47.4 Å². The van der Waals surface area contributed by atoms with Gasteiger partial charge in [0.25, 0.3) is 0 Å². The first-order valence-corrected chi connectivity index (χ1v) is 10.2. The van der Waals surface area contributed by atoms with Crippen LogP contribution in [0.2, 0.25) is 0 Å². The Morgan fingerprint density at radius 1 is 1.23 bits per heavy atom. The van der Waals surface area contributed by atoms with Gasteiger partial charge in [0.1, 0.15) is 0 Å². The van der Waals surface area contributed by atoms with Gasteiger partial charge in [-0.3, -0.25) is 0 Å². The van der Waals surface area contributed by atoms with Gasteiger partial charge >= 0.3 is 6.03 Å². The van der Waals surface area contributed by atoms with Crippen molar-refractivity contribution >= 4 is 21.7 Å². The number of aryl methyl sites for hydroxylation is 2. The van der Waals surface area contributed by atoms with Crippen molar-refractivity contribution in [2.45, 2.75) is 43.5 Å². The van der Waals surface area contributed by atoms with Crippen LogP contribution >= 0.6 is 0 Å². The second-order valence-electron chi connectivity index (χ2n) is 6.46. The minimum absolute atomic E-state index is 0.0424. The molecule has 3 rings (SSSR count). The third-order valence-electron chi connectivity index (χ3n) is 4.69. The molecule has 2 aromatic rings. The lowest BCUT2D eigenvalue weighted by Gasteiger charge is -2.26. The summed E-state index contributed by atoms with van der Waals surface area (Å²) in [6.45, 7) is 1.85. The van der Waals surface area contributed by atoms with Crippen molar-refractivity contribution in [3.8, 4) is 0 Å². The number of nitrogens with two attached hydrogens (primary N) is 1. The van der Waals surface area contributed by atoms with Gasteiger partial charge in [0.15, 0.2) is 0 Å². The average molecular weight is 373 g/mol. The van der Waals surface area contributed by atoms with Crippen molar-refractivity contribution in [3.63, 3.8) is 0 Å². The molecule has 4 N–H and O–H groups in total. The summed E-state index contributed by atoms with van der Waals surface area (Å²) in [6, 6.07) is 12.4. The molecular weight excluding hydrogens is 350 g/mol. The molecule has 1 atom stereocenters. The van der Waals surface area contributed by atoms with Crippen LogP contribution < -0.4 is 15.8 Å². The SMILES string of the molecule is CCc1ccc(NC(=O)NC2CCCc3ccccc32)cc1S(N)(=O)=O. The zero-order valence-corrected chi connectivity index (χ0v) is 15.5. The predicted octanol–water partition coefficient (Wildman–Crippen LogP) is 3.10. The lowest BCUT2D eigenvalue weighted by molar-refractivity contribution is 0.247. The molecule has 2 amide bonds. The number of carbonyl (C=O) groups is 1. The maximum atomic E-state index is 12.4. The number of carbonyl (C=O) groups excluding carboxylic acids is 1. The standard InChI is InChI=1S/C19H23N3O3S/c1-2-13-10-11-15(12-18(13)26(20,24)25)21-19(23)22-17-9-5-7-14-6-3-4-8-16(14)17/h3-4,6,8,10-12,17H,2,5,7,9H2,1H3,(H2,20,24,25)(H2,21,22,23). The summed E-state index contributed by atoms with van der Waals surface area (Å²) in [5.74, 6) is 0. The van der Waals surface area contributed by atoms with Crippen molar-refractivity contribution < 1.29 is 13.2 Å². The molecule has 1 aliphatic rings. The maximum absolute atomic E-state index is 12.4. The monoisotopic (exact) mass is 373 g/mol. The minimum atomic E-state index is -3.84. The summed E-state index contributed by atoms with van der Waals surface area (Å²) in [5, 5.41) is 11.0. The zero-order chi connectivity index (χ0) is 18.7.